The first kappa shape index (κ1) is 12.8. The van der Waals surface area contributed by atoms with E-state index in [0.717, 1.165) is 12.8 Å². The van der Waals surface area contributed by atoms with Crippen LogP contribution in [0.15, 0.2) is 24.3 Å². The van der Waals surface area contributed by atoms with E-state index in [2.05, 4.69) is 0 Å². The van der Waals surface area contributed by atoms with E-state index in [-0.39, 0.29) is 17.0 Å². The number of benzene rings is 1. The first-order valence-corrected chi connectivity index (χ1v) is 6.19. The molecule has 0 radical (unpaired) electrons. The summed E-state index contributed by atoms with van der Waals surface area (Å²) in [6, 6.07) is 5.79. The maximum absolute atomic E-state index is 12.2. The fourth-order valence-electron chi connectivity index (χ4n) is 2.04. The van der Waals surface area contributed by atoms with Gasteiger partial charge in [-0.1, -0.05) is 6.07 Å². The van der Waals surface area contributed by atoms with Crippen molar-refractivity contribution in [2.24, 2.45) is 0 Å². The van der Waals surface area contributed by atoms with Gasteiger partial charge in [0.05, 0.1) is 10.3 Å². The molecule has 0 aromatic heterocycles. The van der Waals surface area contributed by atoms with Crippen LogP contribution >= 0.6 is 11.6 Å². The maximum Gasteiger partial charge on any atom is 0.270 e. The molecule has 5 nitrogen and oxygen atoms in total. The van der Waals surface area contributed by atoms with Crippen LogP contribution in [0.1, 0.15) is 23.2 Å². The lowest BCUT2D eigenvalue weighted by atomic mass is 10.1. The standard InChI is InChI=1S/C12H13ClN2O3/c13-10-4-2-6-14(8-10)12(16)9-3-1-5-11(7-9)15(17)18/h1,3,5,7,10H,2,4,6,8H2. The maximum atomic E-state index is 12.2. The number of nitro benzene ring substituents is 1. The molecule has 0 aliphatic carbocycles. The van der Waals surface area contributed by atoms with Crippen molar-refractivity contribution in [2.75, 3.05) is 13.1 Å². The van der Waals surface area contributed by atoms with Gasteiger partial charge < -0.3 is 4.90 Å². The fraction of sp³-hybridized carbons (Fsp3) is 0.417. The van der Waals surface area contributed by atoms with Crippen molar-refractivity contribution in [3.8, 4) is 0 Å². The molecule has 2 rings (SSSR count). The first-order chi connectivity index (χ1) is 8.58. The number of nitrogens with zero attached hydrogens (tertiary/aromatic N) is 2. The molecule has 1 heterocycles. The summed E-state index contributed by atoms with van der Waals surface area (Å²) in [6.07, 6.45) is 1.77. The third-order valence-electron chi connectivity index (χ3n) is 2.96. The molecule has 18 heavy (non-hydrogen) atoms. The molecule has 1 aliphatic heterocycles. The molecule has 1 aromatic carbocycles. The van der Waals surface area contributed by atoms with Crippen molar-refractivity contribution in [3.63, 3.8) is 0 Å². The summed E-state index contributed by atoms with van der Waals surface area (Å²) in [7, 11) is 0. The molecule has 6 heteroatoms. The highest BCUT2D eigenvalue weighted by molar-refractivity contribution is 6.21. The molecular formula is C12H13ClN2O3. The average molecular weight is 269 g/mol. The second-order valence-electron chi connectivity index (χ2n) is 4.30. The van der Waals surface area contributed by atoms with E-state index >= 15 is 0 Å². The monoisotopic (exact) mass is 268 g/mol. The van der Waals surface area contributed by atoms with Gasteiger partial charge in [-0.05, 0) is 18.9 Å². The smallest absolute Gasteiger partial charge is 0.270 e. The molecule has 1 saturated heterocycles. The van der Waals surface area contributed by atoms with Gasteiger partial charge >= 0.3 is 0 Å². The number of amides is 1. The molecule has 0 bridgehead atoms. The van der Waals surface area contributed by atoms with Gasteiger partial charge in [0.25, 0.3) is 11.6 Å². The Labute approximate surface area is 109 Å². The molecule has 1 aliphatic rings. The van der Waals surface area contributed by atoms with Crippen LogP contribution in [-0.4, -0.2) is 34.2 Å². The highest BCUT2D eigenvalue weighted by atomic mass is 35.5. The molecule has 0 saturated carbocycles. The molecule has 0 N–H and O–H groups in total. The number of halogens is 1. The minimum Gasteiger partial charge on any atom is -0.337 e. The molecule has 1 aromatic rings. The molecular weight excluding hydrogens is 256 g/mol. The summed E-state index contributed by atoms with van der Waals surface area (Å²) in [5.74, 6) is -0.191. The number of carbonyl (C=O) groups is 1. The molecule has 1 atom stereocenters. The number of hydrogen-bond acceptors (Lipinski definition) is 3. The Morgan fingerprint density at radius 3 is 2.94 bits per heavy atom. The van der Waals surface area contributed by atoms with E-state index in [9.17, 15) is 14.9 Å². The molecule has 1 unspecified atom stereocenters. The highest BCUT2D eigenvalue weighted by Crippen LogP contribution is 2.19. The third kappa shape index (κ3) is 2.79. The van der Waals surface area contributed by atoms with Crippen LogP contribution in [0.5, 0.6) is 0 Å². The second-order valence-corrected chi connectivity index (χ2v) is 4.92. The zero-order valence-corrected chi connectivity index (χ0v) is 10.5. The van der Waals surface area contributed by atoms with E-state index in [0.29, 0.717) is 18.7 Å². The minimum atomic E-state index is -0.503. The lowest BCUT2D eigenvalue weighted by molar-refractivity contribution is -0.384. The van der Waals surface area contributed by atoms with Crippen LogP contribution in [-0.2, 0) is 0 Å². The Bertz CT molecular complexity index is 478. The van der Waals surface area contributed by atoms with Crippen molar-refractivity contribution in [1.29, 1.82) is 0 Å². The summed E-state index contributed by atoms with van der Waals surface area (Å²) in [5, 5.41) is 10.6. The number of non-ortho nitro benzene ring substituents is 1. The molecule has 1 fully saturated rings. The highest BCUT2D eigenvalue weighted by Gasteiger charge is 2.23. The predicted molar refractivity (Wildman–Crippen MR) is 67.9 cm³/mol. The van der Waals surface area contributed by atoms with E-state index in [1.165, 1.54) is 18.2 Å². The van der Waals surface area contributed by atoms with Gasteiger partial charge in [-0.3, -0.25) is 14.9 Å². The second kappa shape index (κ2) is 5.35. The quantitative estimate of drug-likeness (QED) is 0.470. The first-order valence-electron chi connectivity index (χ1n) is 5.76. The molecule has 96 valence electrons. The number of piperidine rings is 1. The lowest BCUT2D eigenvalue weighted by Gasteiger charge is -2.29. The molecule has 1 amide bonds. The third-order valence-corrected chi connectivity index (χ3v) is 3.31. The van der Waals surface area contributed by atoms with Gasteiger partial charge in [0.2, 0.25) is 0 Å². The van der Waals surface area contributed by atoms with Crippen LogP contribution in [0.25, 0.3) is 0 Å². The van der Waals surface area contributed by atoms with Gasteiger partial charge in [0, 0.05) is 30.8 Å². The Hall–Kier alpha value is -1.62. The minimum absolute atomic E-state index is 0.0265. The Balaban J connectivity index is 2.17. The summed E-state index contributed by atoms with van der Waals surface area (Å²) in [5.41, 5.74) is 0.273. The van der Waals surface area contributed by atoms with Crippen LogP contribution in [0.3, 0.4) is 0 Å². The number of carbonyl (C=O) groups excluding carboxylic acids is 1. The van der Waals surface area contributed by atoms with E-state index in [1.54, 1.807) is 11.0 Å². The normalized spacial score (nSPS) is 19.6. The van der Waals surface area contributed by atoms with Crippen molar-refractivity contribution in [2.45, 2.75) is 18.2 Å². The summed E-state index contributed by atoms with van der Waals surface area (Å²) < 4.78 is 0. The van der Waals surface area contributed by atoms with Crippen LogP contribution < -0.4 is 0 Å². The number of likely N-dealkylation sites (tertiary alicyclic amines) is 1. The van der Waals surface area contributed by atoms with Gasteiger partial charge in [-0.15, -0.1) is 11.6 Å². The van der Waals surface area contributed by atoms with Crippen molar-refractivity contribution in [1.82, 2.24) is 4.90 Å². The topological polar surface area (TPSA) is 63.4 Å². The zero-order valence-electron chi connectivity index (χ0n) is 9.71. The van der Waals surface area contributed by atoms with Crippen molar-refractivity contribution >= 4 is 23.2 Å². The number of rotatable bonds is 2. The summed E-state index contributed by atoms with van der Waals surface area (Å²) in [4.78, 5) is 24.0. The fourth-order valence-corrected chi connectivity index (χ4v) is 2.37. The average Bonchev–Trinajstić information content (AvgIpc) is 2.38. The Kier molecular flexibility index (Phi) is 3.81. The van der Waals surface area contributed by atoms with E-state index in [4.69, 9.17) is 11.6 Å². The van der Waals surface area contributed by atoms with E-state index in [1.807, 2.05) is 0 Å². The Morgan fingerprint density at radius 2 is 2.28 bits per heavy atom. The van der Waals surface area contributed by atoms with Crippen molar-refractivity contribution < 1.29 is 9.72 Å². The Morgan fingerprint density at radius 1 is 1.50 bits per heavy atom. The number of alkyl halides is 1. The van der Waals surface area contributed by atoms with Gasteiger partial charge in [0.15, 0.2) is 0 Å². The summed E-state index contributed by atoms with van der Waals surface area (Å²) in [6.45, 7) is 1.16. The van der Waals surface area contributed by atoms with Gasteiger partial charge in [-0.25, -0.2) is 0 Å². The largest absolute Gasteiger partial charge is 0.337 e. The lowest BCUT2D eigenvalue weighted by Crippen LogP contribution is -2.40. The van der Waals surface area contributed by atoms with Crippen LogP contribution in [0, 0.1) is 10.1 Å². The van der Waals surface area contributed by atoms with Gasteiger partial charge in [-0.2, -0.15) is 0 Å². The van der Waals surface area contributed by atoms with Gasteiger partial charge in [0.1, 0.15) is 0 Å². The SMILES string of the molecule is O=C(c1cccc([N+](=O)[O-])c1)N1CCCC(Cl)C1. The number of hydrogen-bond donors (Lipinski definition) is 0. The summed E-state index contributed by atoms with van der Waals surface area (Å²) >= 11 is 6.02. The van der Waals surface area contributed by atoms with Crippen LogP contribution in [0.4, 0.5) is 5.69 Å². The van der Waals surface area contributed by atoms with Crippen molar-refractivity contribution in [3.05, 3.63) is 39.9 Å². The molecule has 0 spiro atoms. The van der Waals surface area contributed by atoms with E-state index < -0.39 is 4.92 Å². The predicted octanol–water partition coefficient (Wildman–Crippen LogP) is 2.44. The van der Waals surface area contributed by atoms with Crippen LogP contribution in [0.2, 0.25) is 0 Å². The zero-order chi connectivity index (χ0) is 13.1. The number of nitro groups is 1.